The molecular weight excluding hydrogens is 362 g/mol. The molecule has 0 aliphatic rings. The van der Waals surface area contributed by atoms with Crippen molar-refractivity contribution in [1.82, 2.24) is 15.1 Å². The lowest BCUT2D eigenvalue weighted by atomic mass is 10.1. The van der Waals surface area contributed by atoms with Crippen molar-refractivity contribution < 1.29 is 9.59 Å². The SMILES string of the molecule is Cc1cc(NC(=O)CC(NC(N)=O)c2cccs2)n(Cc2ccccc2)n1. The van der Waals surface area contributed by atoms with Gasteiger partial charge in [-0.25, -0.2) is 9.48 Å². The molecule has 0 saturated heterocycles. The molecule has 140 valence electrons. The largest absolute Gasteiger partial charge is 0.352 e. The summed E-state index contributed by atoms with van der Waals surface area (Å²) < 4.78 is 1.75. The fourth-order valence-electron chi connectivity index (χ4n) is 2.79. The van der Waals surface area contributed by atoms with Crippen LogP contribution in [0.25, 0.3) is 0 Å². The number of carbonyl (C=O) groups is 2. The van der Waals surface area contributed by atoms with Crippen molar-refractivity contribution in [2.75, 3.05) is 5.32 Å². The Hall–Kier alpha value is -3.13. The van der Waals surface area contributed by atoms with Gasteiger partial charge in [0.25, 0.3) is 0 Å². The van der Waals surface area contributed by atoms with E-state index in [1.54, 1.807) is 4.68 Å². The molecule has 0 aliphatic heterocycles. The number of carbonyl (C=O) groups excluding carboxylic acids is 2. The van der Waals surface area contributed by atoms with Gasteiger partial charge in [0.1, 0.15) is 5.82 Å². The Morgan fingerprint density at radius 1 is 1.22 bits per heavy atom. The second-order valence-corrected chi connectivity index (χ2v) is 7.12. The summed E-state index contributed by atoms with van der Waals surface area (Å²) in [5.74, 6) is 0.390. The minimum absolute atomic E-state index is 0.0824. The molecule has 0 bridgehead atoms. The van der Waals surface area contributed by atoms with Crippen LogP contribution in [0.2, 0.25) is 0 Å². The highest BCUT2D eigenvalue weighted by Gasteiger charge is 2.19. The van der Waals surface area contributed by atoms with Gasteiger partial charge in [0.2, 0.25) is 5.91 Å². The van der Waals surface area contributed by atoms with Crippen LogP contribution >= 0.6 is 11.3 Å². The van der Waals surface area contributed by atoms with E-state index < -0.39 is 12.1 Å². The van der Waals surface area contributed by atoms with E-state index in [0.29, 0.717) is 12.4 Å². The first-order valence-electron chi connectivity index (χ1n) is 8.49. The summed E-state index contributed by atoms with van der Waals surface area (Å²) in [6, 6.07) is 14.3. The maximum absolute atomic E-state index is 12.6. The molecule has 3 aromatic rings. The molecule has 2 heterocycles. The molecule has 2 aromatic heterocycles. The third kappa shape index (κ3) is 5.18. The molecular formula is C19H21N5O2S. The average Bonchev–Trinajstić information content (AvgIpc) is 3.25. The minimum Gasteiger partial charge on any atom is -0.352 e. The summed E-state index contributed by atoms with van der Waals surface area (Å²) >= 11 is 1.46. The molecule has 3 amide bonds. The van der Waals surface area contributed by atoms with Gasteiger partial charge in [0, 0.05) is 10.9 Å². The molecule has 3 rings (SSSR count). The minimum atomic E-state index is -0.661. The number of benzene rings is 1. The second-order valence-electron chi connectivity index (χ2n) is 6.14. The Kier molecular flexibility index (Phi) is 5.87. The summed E-state index contributed by atoms with van der Waals surface area (Å²) in [5, 5.41) is 11.9. The van der Waals surface area contributed by atoms with Crippen molar-refractivity contribution in [3.63, 3.8) is 0 Å². The molecule has 4 N–H and O–H groups in total. The number of rotatable bonds is 7. The molecule has 7 nitrogen and oxygen atoms in total. The molecule has 1 unspecified atom stereocenters. The van der Waals surface area contributed by atoms with Crippen LogP contribution in [0.3, 0.4) is 0 Å². The average molecular weight is 383 g/mol. The third-order valence-corrected chi connectivity index (χ3v) is 4.92. The van der Waals surface area contributed by atoms with Gasteiger partial charge in [-0.2, -0.15) is 5.10 Å². The summed E-state index contributed by atoms with van der Waals surface area (Å²) in [7, 11) is 0. The summed E-state index contributed by atoms with van der Waals surface area (Å²) in [5.41, 5.74) is 7.15. The van der Waals surface area contributed by atoms with E-state index in [4.69, 9.17) is 5.73 Å². The standard InChI is InChI=1S/C19H21N5O2S/c1-13-10-17(24(23-13)12-14-6-3-2-4-7-14)22-18(25)11-15(21-19(20)26)16-8-5-9-27-16/h2-10,15H,11-12H2,1H3,(H,22,25)(H3,20,21,26). The van der Waals surface area contributed by atoms with E-state index in [0.717, 1.165) is 16.1 Å². The quantitative estimate of drug-likeness (QED) is 0.584. The highest BCUT2D eigenvalue weighted by molar-refractivity contribution is 7.10. The second kappa shape index (κ2) is 8.50. The van der Waals surface area contributed by atoms with Crippen molar-refractivity contribution in [2.24, 2.45) is 5.73 Å². The van der Waals surface area contributed by atoms with E-state index in [1.807, 2.05) is 60.8 Å². The number of urea groups is 1. The highest BCUT2D eigenvalue weighted by atomic mass is 32.1. The Labute approximate surface area is 161 Å². The molecule has 0 saturated carbocycles. The van der Waals surface area contributed by atoms with Crippen molar-refractivity contribution in [1.29, 1.82) is 0 Å². The smallest absolute Gasteiger partial charge is 0.312 e. The zero-order chi connectivity index (χ0) is 19.2. The zero-order valence-corrected chi connectivity index (χ0v) is 15.7. The third-order valence-electron chi connectivity index (χ3n) is 3.94. The van der Waals surface area contributed by atoms with Gasteiger partial charge in [0.05, 0.1) is 24.7 Å². The zero-order valence-electron chi connectivity index (χ0n) is 14.9. The number of nitrogens with two attached hydrogens (primary N) is 1. The van der Waals surface area contributed by atoms with Gasteiger partial charge in [-0.3, -0.25) is 4.79 Å². The van der Waals surface area contributed by atoms with Crippen LogP contribution in [0.15, 0.2) is 53.9 Å². The van der Waals surface area contributed by atoms with Gasteiger partial charge in [-0.1, -0.05) is 36.4 Å². The number of aryl methyl sites for hydroxylation is 1. The number of aromatic nitrogens is 2. The monoisotopic (exact) mass is 383 g/mol. The van der Waals surface area contributed by atoms with Gasteiger partial charge >= 0.3 is 6.03 Å². The van der Waals surface area contributed by atoms with E-state index in [1.165, 1.54) is 11.3 Å². The lowest BCUT2D eigenvalue weighted by molar-refractivity contribution is -0.116. The van der Waals surface area contributed by atoms with Gasteiger partial charge in [0.15, 0.2) is 0 Å². The summed E-state index contributed by atoms with van der Waals surface area (Å²) in [6.07, 6.45) is 0.0824. The number of anilines is 1. The van der Waals surface area contributed by atoms with Gasteiger partial charge in [-0.05, 0) is 23.9 Å². The predicted molar refractivity (Wildman–Crippen MR) is 106 cm³/mol. The van der Waals surface area contributed by atoms with Crippen LogP contribution in [0, 0.1) is 6.92 Å². The number of nitrogens with one attached hydrogen (secondary N) is 2. The molecule has 1 aromatic carbocycles. The number of nitrogens with zero attached hydrogens (tertiary/aromatic N) is 2. The van der Waals surface area contributed by atoms with E-state index in [9.17, 15) is 9.59 Å². The Bertz CT molecular complexity index is 906. The van der Waals surface area contributed by atoms with Crippen LogP contribution in [0.5, 0.6) is 0 Å². The van der Waals surface area contributed by atoms with E-state index >= 15 is 0 Å². The molecule has 8 heteroatoms. The lowest BCUT2D eigenvalue weighted by Crippen LogP contribution is -2.35. The first-order chi connectivity index (χ1) is 13.0. The summed E-state index contributed by atoms with van der Waals surface area (Å²) in [6.45, 7) is 2.43. The Balaban J connectivity index is 1.71. The van der Waals surface area contributed by atoms with Crippen LogP contribution in [-0.2, 0) is 11.3 Å². The fourth-order valence-corrected chi connectivity index (χ4v) is 3.56. The summed E-state index contributed by atoms with van der Waals surface area (Å²) in [4.78, 5) is 24.7. The predicted octanol–water partition coefficient (Wildman–Crippen LogP) is 3.04. The molecule has 0 aliphatic carbocycles. The highest BCUT2D eigenvalue weighted by Crippen LogP contribution is 2.23. The Morgan fingerprint density at radius 3 is 2.67 bits per heavy atom. The number of thiophene rings is 1. The normalized spacial score (nSPS) is 11.7. The fraction of sp³-hybridized carbons (Fsp3) is 0.211. The van der Waals surface area contributed by atoms with Crippen LogP contribution in [0.1, 0.15) is 28.6 Å². The van der Waals surface area contributed by atoms with Gasteiger partial charge in [-0.15, -0.1) is 11.3 Å². The first-order valence-corrected chi connectivity index (χ1v) is 9.37. The number of hydrogen-bond donors (Lipinski definition) is 3. The maximum Gasteiger partial charge on any atom is 0.312 e. The van der Waals surface area contributed by atoms with E-state index in [2.05, 4.69) is 15.7 Å². The van der Waals surface area contributed by atoms with Gasteiger partial charge < -0.3 is 16.4 Å². The molecule has 0 radical (unpaired) electrons. The van der Waals surface area contributed by atoms with E-state index in [-0.39, 0.29) is 12.3 Å². The van der Waals surface area contributed by atoms with Crippen molar-refractivity contribution >= 4 is 29.1 Å². The van der Waals surface area contributed by atoms with Crippen LogP contribution < -0.4 is 16.4 Å². The van der Waals surface area contributed by atoms with Crippen molar-refractivity contribution in [2.45, 2.75) is 25.9 Å². The van der Waals surface area contributed by atoms with Crippen molar-refractivity contribution in [3.05, 3.63) is 70.0 Å². The number of amides is 3. The molecule has 0 fully saturated rings. The number of primary amides is 1. The van der Waals surface area contributed by atoms with Crippen LogP contribution in [-0.4, -0.2) is 21.7 Å². The Morgan fingerprint density at radius 2 is 2.00 bits per heavy atom. The first kappa shape index (κ1) is 18.7. The lowest BCUT2D eigenvalue weighted by Gasteiger charge is -2.16. The topological polar surface area (TPSA) is 102 Å². The molecule has 27 heavy (non-hydrogen) atoms. The molecule has 1 atom stereocenters. The molecule has 0 spiro atoms. The van der Waals surface area contributed by atoms with Crippen molar-refractivity contribution in [3.8, 4) is 0 Å². The number of hydrogen-bond acceptors (Lipinski definition) is 4. The van der Waals surface area contributed by atoms with Crippen LogP contribution in [0.4, 0.5) is 10.6 Å². The maximum atomic E-state index is 12.6.